The summed E-state index contributed by atoms with van der Waals surface area (Å²) in [5, 5.41) is 163. The quantitative estimate of drug-likeness (QED) is 0.0379. The van der Waals surface area contributed by atoms with Crippen molar-refractivity contribution in [1.29, 1.82) is 0 Å². The first kappa shape index (κ1) is 55.7. The molecule has 0 saturated carbocycles. The van der Waals surface area contributed by atoms with Crippen molar-refractivity contribution in [3.63, 3.8) is 0 Å². The van der Waals surface area contributed by atoms with Crippen molar-refractivity contribution < 1.29 is 120 Å². The summed E-state index contributed by atoms with van der Waals surface area (Å²) in [4.78, 5) is 53.6. The third kappa shape index (κ3) is 18.5. The Hall–Kier alpha value is -3.29. The lowest BCUT2D eigenvalue weighted by molar-refractivity contribution is -0.156. The van der Waals surface area contributed by atoms with E-state index in [9.17, 15) is 85.3 Å². The third-order valence-corrected chi connectivity index (χ3v) is 9.06. The first-order chi connectivity index (χ1) is 27.1. The van der Waals surface area contributed by atoms with Crippen molar-refractivity contribution in [3.05, 3.63) is 0 Å². The molecule has 59 heavy (non-hydrogen) atoms. The smallest absolute Gasteiger partial charge is 0.332 e. The highest BCUT2D eigenvalue weighted by atomic mass is 17.0. The molecule has 0 aromatic heterocycles. The lowest BCUT2D eigenvalue weighted by Gasteiger charge is -2.33. The predicted molar refractivity (Wildman–Crippen MR) is 190 cm³/mol. The molecule has 0 aromatic rings. The minimum atomic E-state index is -1.88. The molecule has 16 unspecified atom stereocenters. The summed E-state index contributed by atoms with van der Waals surface area (Å²) in [7, 11) is 0. The van der Waals surface area contributed by atoms with E-state index in [0.717, 1.165) is 13.8 Å². The Bertz CT molecular complexity index is 1320. The molecule has 26 heteroatoms. The van der Waals surface area contributed by atoms with Crippen molar-refractivity contribution >= 4 is 29.7 Å². The maximum Gasteiger partial charge on any atom is 0.332 e. The lowest BCUT2D eigenvalue weighted by Crippen LogP contribution is -2.57. The molecule has 0 radical (unpaired) electrons. The van der Waals surface area contributed by atoms with E-state index in [1.54, 1.807) is 6.92 Å². The highest BCUT2D eigenvalue weighted by Crippen LogP contribution is 2.59. The van der Waals surface area contributed by atoms with Crippen molar-refractivity contribution in [2.75, 3.05) is 6.61 Å². The van der Waals surface area contributed by atoms with Gasteiger partial charge in [-0.15, -0.1) is 0 Å². The molecule has 2 saturated heterocycles. The maximum absolute atomic E-state index is 11.1. The molecular formula is C33H60N2O24. The van der Waals surface area contributed by atoms with E-state index in [2.05, 4.69) is 10.6 Å². The fourth-order valence-corrected chi connectivity index (χ4v) is 5.26. The number of aliphatic carboxylic acids is 3. The van der Waals surface area contributed by atoms with E-state index < -0.39 is 165 Å². The molecule has 346 valence electrons. The zero-order chi connectivity index (χ0) is 46.3. The van der Waals surface area contributed by atoms with Crippen molar-refractivity contribution in [2.45, 2.75) is 163 Å². The highest BCUT2D eigenvalue weighted by Gasteiger charge is 2.82. The van der Waals surface area contributed by atoms with Gasteiger partial charge in [-0.2, -0.15) is 0 Å². The van der Waals surface area contributed by atoms with Crippen LogP contribution in [-0.4, -0.2) is 227 Å². The Balaban J connectivity index is 0.000000862. The van der Waals surface area contributed by atoms with Crippen LogP contribution in [-0.2, 0) is 33.4 Å². The highest BCUT2D eigenvalue weighted by molar-refractivity contribution is 5.74. The van der Waals surface area contributed by atoms with Crippen molar-refractivity contribution in [2.24, 2.45) is 5.92 Å². The Labute approximate surface area is 336 Å². The third-order valence-electron chi connectivity index (χ3n) is 9.06. The van der Waals surface area contributed by atoms with E-state index in [1.807, 2.05) is 0 Å². The van der Waals surface area contributed by atoms with Crippen LogP contribution in [0.2, 0.25) is 0 Å². The zero-order valence-corrected chi connectivity index (χ0v) is 32.5. The van der Waals surface area contributed by atoms with Gasteiger partial charge >= 0.3 is 17.9 Å². The van der Waals surface area contributed by atoms with Crippen LogP contribution in [0.1, 0.15) is 59.8 Å². The number of carbonyl (C=O) groups excluding carboxylic acids is 2. The molecule has 2 amide bonds. The SMILES string of the molecule is CC(=O)NC(C(O)CC(O)C(=O)O)C(O)C(O)C(C)CO.CC(=O)NC(C(O)CC(O)C(=O)O)C(O)C(O)C12OC1O2.CCC(O)C(O)C(O)CC(O)CC(O)C(=O)O. The minimum absolute atomic E-state index is 0.242. The molecule has 26 nitrogen and oxygen atoms in total. The Kier molecular flexibility index (Phi) is 24.1. The van der Waals surface area contributed by atoms with Gasteiger partial charge in [0, 0.05) is 52.1 Å². The topological polar surface area (TPSA) is 478 Å². The first-order valence-corrected chi connectivity index (χ1v) is 18.1. The number of hydrogen-bond acceptors (Lipinski definition) is 21. The maximum atomic E-state index is 11.1. The second-order valence-corrected chi connectivity index (χ2v) is 14.1. The van der Waals surface area contributed by atoms with Gasteiger partial charge in [0.05, 0.1) is 48.7 Å². The summed E-state index contributed by atoms with van der Waals surface area (Å²) in [5.74, 6) is -7.85. The standard InChI is InChI=1S/C12H23NO8.C11H17NO9.C10H20O7/c1-5(4-14)10(18)11(19)9(13-6(2)15)7(16)3-8(17)12(20)21;1-3(13)12-6(4(14)2-5(15)9(18)19)7(16)8(17)11-10(20-11)21-11;1-2-6(12)9(15)7(13)3-5(11)4-8(14)10(16)17/h5,7-11,14,16-19H,3-4H2,1-2H3,(H,13,15)(H,20,21);4-8,10,14-17H,2H2,1H3,(H,12,13)(H,18,19);5-9,11-15H,2-4H2,1H3,(H,16,17). The normalized spacial score (nSPS) is 24.7. The molecule has 2 aliphatic heterocycles. The number of amides is 2. The van der Waals surface area contributed by atoms with Crippen LogP contribution in [0, 0.1) is 5.92 Å². The average molecular weight is 869 g/mol. The van der Waals surface area contributed by atoms with Gasteiger partial charge in [-0.25, -0.2) is 14.4 Å². The number of carboxylic acid groups (broad SMARTS) is 3. The van der Waals surface area contributed by atoms with Gasteiger partial charge < -0.3 is 107 Å². The Morgan fingerprint density at radius 3 is 1.25 bits per heavy atom. The molecule has 0 aromatic carbocycles. The van der Waals surface area contributed by atoms with Crippen LogP contribution in [0.4, 0.5) is 0 Å². The summed E-state index contributed by atoms with van der Waals surface area (Å²) in [6.07, 6.45) is -22.5. The van der Waals surface area contributed by atoms with Gasteiger partial charge in [0.1, 0.15) is 24.4 Å². The van der Waals surface area contributed by atoms with Crippen LogP contribution in [0.3, 0.4) is 0 Å². The number of epoxide rings is 2. The van der Waals surface area contributed by atoms with Crippen molar-refractivity contribution in [3.8, 4) is 0 Å². The summed E-state index contributed by atoms with van der Waals surface area (Å²) < 4.78 is 9.72. The molecule has 0 bridgehead atoms. The molecule has 2 heterocycles. The number of carboxylic acids is 3. The Morgan fingerprint density at radius 1 is 0.559 bits per heavy atom. The van der Waals surface area contributed by atoms with Gasteiger partial charge in [0.25, 0.3) is 5.79 Å². The van der Waals surface area contributed by atoms with E-state index in [-0.39, 0.29) is 12.8 Å². The van der Waals surface area contributed by atoms with Crippen LogP contribution in [0.15, 0.2) is 0 Å². The largest absolute Gasteiger partial charge is 0.479 e. The van der Waals surface area contributed by atoms with E-state index in [1.165, 1.54) is 6.92 Å². The van der Waals surface area contributed by atoms with E-state index >= 15 is 0 Å². The summed E-state index contributed by atoms with van der Waals surface area (Å²) in [6.45, 7) is 4.86. The Morgan fingerprint density at radius 2 is 0.932 bits per heavy atom. The lowest BCUT2D eigenvalue weighted by atomic mass is 9.90. The molecular weight excluding hydrogens is 808 g/mol. The van der Waals surface area contributed by atoms with Gasteiger partial charge in [-0.05, 0) is 6.42 Å². The molecule has 19 N–H and O–H groups in total. The monoisotopic (exact) mass is 868 g/mol. The zero-order valence-electron chi connectivity index (χ0n) is 32.5. The second kappa shape index (κ2) is 25.5. The van der Waals surface area contributed by atoms with Crippen LogP contribution < -0.4 is 10.6 Å². The number of fused-ring (bicyclic) bond motifs is 1. The molecule has 2 fully saturated rings. The number of aliphatic hydroxyl groups excluding tert-OH is 14. The number of nitrogens with one attached hydrogen (secondary N) is 2. The predicted octanol–water partition coefficient (Wildman–Crippen LogP) is -8.40. The fraction of sp³-hybridized carbons (Fsp3) is 0.848. The van der Waals surface area contributed by atoms with Crippen molar-refractivity contribution in [1.82, 2.24) is 10.6 Å². The number of rotatable bonds is 25. The molecule has 2 rings (SSSR count). The van der Waals surface area contributed by atoms with Gasteiger partial charge in [0.15, 0.2) is 18.3 Å². The van der Waals surface area contributed by atoms with E-state index in [4.69, 9.17) is 35.0 Å². The molecule has 0 aliphatic carbocycles. The number of ether oxygens (including phenoxy) is 2. The number of aliphatic hydroxyl groups is 14. The van der Waals surface area contributed by atoms with Gasteiger partial charge in [-0.1, -0.05) is 13.8 Å². The second-order valence-electron chi connectivity index (χ2n) is 14.1. The van der Waals surface area contributed by atoms with E-state index in [0.29, 0.717) is 0 Å². The summed E-state index contributed by atoms with van der Waals surface area (Å²) in [6, 6.07) is -2.78. The van der Waals surface area contributed by atoms with Crippen LogP contribution in [0.25, 0.3) is 0 Å². The molecule has 0 spiro atoms. The van der Waals surface area contributed by atoms with Gasteiger partial charge in [0.2, 0.25) is 18.1 Å². The first-order valence-electron chi connectivity index (χ1n) is 18.1. The van der Waals surface area contributed by atoms with Crippen LogP contribution >= 0.6 is 0 Å². The summed E-state index contributed by atoms with van der Waals surface area (Å²) >= 11 is 0. The summed E-state index contributed by atoms with van der Waals surface area (Å²) in [5.41, 5.74) is 0. The fourth-order valence-electron chi connectivity index (χ4n) is 5.26. The number of hydrogen-bond donors (Lipinski definition) is 19. The van der Waals surface area contributed by atoms with Gasteiger partial charge in [-0.3, -0.25) is 9.59 Å². The molecule has 2 aliphatic rings. The number of carbonyl (C=O) groups is 5. The minimum Gasteiger partial charge on any atom is -0.479 e. The molecule has 16 atom stereocenters. The van der Waals surface area contributed by atoms with Crippen LogP contribution in [0.5, 0.6) is 0 Å². The average Bonchev–Trinajstić information content (AvgIpc) is 4.05.